The number of methoxy groups -OCH3 is 1. The molecule has 0 saturated heterocycles. The molecule has 1 amide bonds. The average Bonchev–Trinajstić information content (AvgIpc) is 3.24. The summed E-state index contributed by atoms with van der Waals surface area (Å²) in [6.45, 7) is 6.15. The average molecular weight is 526 g/mol. The van der Waals surface area contributed by atoms with Gasteiger partial charge in [0.2, 0.25) is 11.9 Å². The summed E-state index contributed by atoms with van der Waals surface area (Å²) < 4.78 is 34.6. The first-order chi connectivity index (χ1) is 16.5. The number of anilines is 1. The molecule has 0 aromatic carbocycles. The first kappa shape index (κ1) is 26.2. The number of carbonyl (C=O) groups excluding carboxylic acids is 1. The fraction of sp³-hybridized carbons (Fsp3) is 0.450. The number of carbonyl (C=O) groups is 1. The molecule has 0 saturated carbocycles. The van der Waals surface area contributed by atoms with E-state index in [1.807, 2.05) is 27.0 Å². The number of rotatable bonds is 8. The van der Waals surface area contributed by atoms with Gasteiger partial charge < -0.3 is 20.7 Å². The van der Waals surface area contributed by atoms with Gasteiger partial charge in [0, 0.05) is 54.6 Å². The van der Waals surface area contributed by atoms with Crippen LogP contribution in [0.2, 0.25) is 0 Å². The van der Waals surface area contributed by atoms with E-state index >= 15 is 0 Å². The summed E-state index contributed by atoms with van der Waals surface area (Å²) in [5.41, 5.74) is 1.82. The largest absolute Gasteiger partial charge is 0.453 e. The molecule has 3 rings (SSSR count). The van der Waals surface area contributed by atoms with E-state index < -0.39 is 22.2 Å². The van der Waals surface area contributed by atoms with Crippen molar-refractivity contribution < 1.29 is 17.9 Å². The van der Waals surface area contributed by atoms with E-state index in [2.05, 4.69) is 35.1 Å². The number of nitrogens with one attached hydrogen (secondary N) is 3. The van der Waals surface area contributed by atoms with E-state index in [0.717, 1.165) is 6.26 Å². The number of alkyl carbamates (subject to hydrolysis) is 1. The summed E-state index contributed by atoms with van der Waals surface area (Å²) >= 11 is 6.49. The summed E-state index contributed by atoms with van der Waals surface area (Å²) in [7, 11) is -2.39. The van der Waals surface area contributed by atoms with Crippen LogP contribution in [0, 0.1) is 0 Å². The van der Waals surface area contributed by atoms with Crippen molar-refractivity contribution in [1.29, 1.82) is 0 Å². The lowest BCUT2D eigenvalue weighted by molar-refractivity contribution is 0.168. The van der Waals surface area contributed by atoms with Crippen LogP contribution in [0.25, 0.3) is 11.3 Å². The standard InChI is InChI=1S/C20H28ClN9O4S/c1-12(2)29-11-14(15-6-8-22-18(26-15)24-10-13(3)25-20(31)34-4)17(27-29)16-7-9-23-19(30(16)21)28-35(5,32)33/h6-9,11-13,16H,10H2,1-5H3,(H,23,28)(H,25,31)(H,22,24,26)/t13-,16?/m0/s1. The van der Waals surface area contributed by atoms with Crippen LogP contribution >= 0.6 is 11.8 Å². The highest BCUT2D eigenvalue weighted by Crippen LogP contribution is 2.34. The monoisotopic (exact) mass is 525 g/mol. The number of aromatic nitrogens is 4. The van der Waals surface area contributed by atoms with Crippen molar-refractivity contribution in [2.24, 2.45) is 4.40 Å². The van der Waals surface area contributed by atoms with Crippen LogP contribution in [-0.4, -0.2) is 70.6 Å². The number of sulfonamides is 1. The van der Waals surface area contributed by atoms with Gasteiger partial charge >= 0.3 is 6.09 Å². The molecule has 2 aromatic rings. The van der Waals surface area contributed by atoms with Gasteiger partial charge in [-0.05, 0) is 32.9 Å². The van der Waals surface area contributed by atoms with Gasteiger partial charge in [0.05, 0.1) is 24.8 Å². The van der Waals surface area contributed by atoms with Crippen molar-refractivity contribution in [2.75, 3.05) is 25.2 Å². The van der Waals surface area contributed by atoms with E-state index in [9.17, 15) is 13.2 Å². The van der Waals surface area contributed by atoms with Crippen molar-refractivity contribution >= 4 is 39.8 Å². The number of amides is 1. The molecule has 1 unspecified atom stereocenters. The minimum atomic E-state index is -3.68. The maximum Gasteiger partial charge on any atom is 0.407 e. The number of hydrogen-bond acceptors (Lipinski definition) is 8. The second kappa shape index (κ2) is 10.9. The van der Waals surface area contributed by atoms with Gasteiger partial charge in [-0.25, -0.2) is 27.6 Å². The zero-order chi connectivity index (χ0) is 25.8. The van der Waals surface area contributed by atoms with Gasteiger partial charge in [0.1, 0.15) is 6.04 Å². The third kappa shape index (κ3) is 6.82. The Hall–Kier alpha value is -3.39. The minimum Gasteiger partial charge on any atom is -0.453 e. The molecule has 0 radical (unpaired) electrons. The molecule has 190 valence electrons. The lowest BCUT2D eigenvalue weighted by Crippen LogP contribution is -2.39. The molecule has 1 aliphatic heterocycles. The zero-order valence-electron chi connectivity index (χ0n) is 19.9. The Bertz CT molecular complexity index is 1230. The van der Waals surface area contributed by atoms with Crippen LogP contribution < -0.4 is 16.0 Å². The van der Waals surface area contributed by atoms with Crippen LogP contribution in [0.5, 0.6) is 0 Å². The molecule has 15 heteroatoms. The Morgan fingerprint density at radius 1 is 1.37 bits per heavy atom. The highest BCUT2D eigenvalue weighted by Gasteiger charge is 2.30. The number of halogens is 1. The molecule has 0 bridgehead atoms. The van der Waals surface area contributed by atoms with Crippen LogP contribution in [0.3, 0.4) is 0 Å². The first-order valence-corrected chi connectivity index (χ1v) is 12.9. The summed E-state index contributed by atoms with van der Waals surface area (Å²) in [6, 6.07) is 0.933. The van der Waals surface area contributed by atoms with Crippen molar-refractivity contribution in [3.8, 4) is 11.3 Å². The zero-order valence-corrected chi connectivity index (χ0v) is 21.5. The molecular weight excluding hydrogens is 498 g/mol. The second-order valence-corrected chi connectivity index (χ2v) is 10.1. The normalized spacial score (nSPS) is 17.9. The predicted octanol–water partition coefficient (Wildman–Crippen LogP) is 2.01. The fourth-order valence-corrected chi connectivity index (χ4v) is 3.88. The summed E-state index contributed by atoms with van der Waals surface area (Å²) in [6.07, 6.45) is 7.21. The Balaban J connectivity index is 1.93. The van der Waals surface area contributed by atoms with E-state index in [0.29, 0.717) is 29.4 Å². The minimum absolute atomic E-state index is 0.0381. The number of nitrogens with zero attached hydrogens (tertiary/aromatic N) is 6. The maximum atomic E-state index is 11.7. The van der Waals surface area contributed by atoms with Gasteiger partial charge in [0.15, 0.2) is 0 Å². The molecule has 35 heavy (non-hydrogen) atoms. The third-order valence-corrected chi connectivity index (χ3v) is 5.68. The molecule has 13 nitrogen and oxygen atoms in total. The number of guanidine groups is 1. The molecular formula is C20H28ClN9O4S. The van der Waals surface area contributed by atoms with Gasteiger partial charge in [0.25, 0.3) is 10.0 Å². The summed E-state index contributed by atoms with van der Waals surface area (Å²) in [5, 5.41) is 13.2. The van der Waals surface area contributed by atoms with E-state index in [1.165, 1.54) is 11.5 Å². The van der Waals surface area contributed by atoms with Gasteiger partial charge in [-0.3, -0.25) is 4.68 Å². The predicted molar refractivity (Wildman–Crippen MR) is 132 cm³/mol. The maximum absolute atomic E-state index is 11.7. The second-order valence-electron chi connectivity index (χ2n) is 8.09. The molecule has 0 fully saturated rings. The SMILES string of the molecule is COC(=O)N[C@@H](C)CNc1nccc(-c2cn(C(C)C)nc2C2C=CNC(=NS(C)(=O)=O)N2Cl)n1. The van der Waals surface area contributed by atoms with Crippen LogP contribution in [0.15, 0.2) is 35.1 Å². The van der Waals surface area contributed by atoms with Crippen molar-refractivity contribution in [2.45, 2.75) is 38.9 Å². The van der Waals surface area contributed by atoms with Crippen LogP contribution in [-0.2, 0) is 14.8 Å². The Morgan fingerprint density at radius 2 is 2.11 bits per heavy atom. The topological polar surface area (TPSA) is 156 Å². The molecule has 0 spiro atoms. The summed E-state index contributed by atoms with van der Waals surface area (Å²) in [4.78, 5) is 20.2. The first-order valence-electron chi connectivity index (χ1n) is 10.7. The van der Waals surface area contributed by atoms with Crippen molar-refractivity contribution in [1.82, 2.24) is 34.8 Å². The lowest BCUT2D eigenvalue weighted by atomic mass is 10.1. The molecule has 2 aromatic heterocycles. The summed E-state index contributed by atoms with van der Waals surface area (Å²) in [5.74, 6) is 0.316. The van der Waals surface area contributed by atoms with E-state index in [1.54, 1.807) is 29.2 Å². The highest BCUT2D eigenvalue weighted by molar-refractivity contribution is 7.89. The van der Waals surface area contributed by atoms with Crippen molar-refractivity contribution in [3.63, 3.8) is 0 Å². The fourth-order valence-electron chi connectivity index (χ4n) is 3.14. The van der Waals surface area contributed by atoms with E-state index in [4.69, 9.17) is 16.9 Å². The van der Waals surface area contributed by atoms with E-state index in [-0.39, 0.29) is 18.0 Å². The number of ether oxygens (including phenoxy) is 1. The Kier molecular flexibility index (Phi) is 8.17. The number of hydrogen-bond donors (Lipinski definition) is 3. The molecule has 2 atom stereocenters. The molecule has 3 N–H and O–H groups in total. The highest BCUT2D eigenvalue weighted by atomic mass is 35.5. The van der Waals surface area contributed by atoms with Gasteiger partial charge in [-0.15, -0.1) is 4.40 Å². The third-order valence-electron chi connectivity index (χ3n) is 4.81. The smallest absolute Gasteiger partial charge is 0.407 e. The van der Waals surface area contributed by atoms with Gasteiger partial charge in [-0.2, -0.15) is 5.10 Å². The quantitative estimate of drug-likeness (QED) is 0.435. The van der Waals surface area contributed by atoms with Crippen LogP contribution in [0.1, 0.15) is 38.5 Å². The lowest BCUT2D eigenvalue weighted by Gasteiger charge is -2.28. The Labute approximate surface area is 208 Å². The molecule has 1 aliphatic rings. The Morgan fingerprint density at radius 3 is 2.77 bits per heavy atom. The van der Waals surface area contributed by atoms with Crippen molar-refractivity contribution in [3.05, 3.63) is 36.4 Å². The van der Waals surface area contributed by atoms with Crippen LogP contribution in [0.4, 0.5) is 10.7 Å². The molecule has 3 heterocycles. The van der Waals surface area contributed by atoms with Gasteiger partial charge in [-0.1, -0.05) is 0 Å². The molecule has 0 aliphatic carbocycles.